The summed E-state index contributed by atoms with van der Waals surface area (Å²) in [6, 6.07) is 6.40. The second-order valence-electron chi connectivity index (χ2n) is 19.6. The van der Waals surface area contributed by atoms with Crippen LogP contribution in [0.5, 0.6) is 0 Å². The predicted molar refractivity (Wildman–Crippen MR) is 550 cm³/mol. The van der Waals surface area contributed by atoms with Crippen LogP contribution in [0.2, 0.25) is 0 Å². The van der Waals surface area contributed by atoms with Crippen molar-refractivity contribution in [2.24, 2.45) is 0 Å². The molecule has 1 N–H and O–H groups in total. The summed E-state index contributed by atoms with van der Waals surface area (Å²) in [5.41, 5.74) is 4.13. The molecule has 1 aliphatic carbocycles. The summed E-state index contributed by atoms with van der Waals surface area (Å²) in [6.45, 7) is 5.48. The highest BCUT2D eigenvalue weighted by Gasteiger charge is 2.17. The van der Waals surface area contributed by atoms with Gasteiger partial charge >= 0.3 is 0 Å². The molecule has 0 fully saturated rings. The Morgan fingerprint density at radius 1 is 0.150 bits per heavy atom. The lowest BCUT2D eigenvalue weighted by atomic mass is 9.87. The smallest absolute Gasteiger partial charge is 0.0583 e. The first-order valence-electron chi connectivity index (χ1n) is 36.8. The molecule has 582 valence electrons. The van der Waals surface area contributed by atoms with Crippen molar-refractivity contribution in [1.29, 1.82) is 0 Å². The third-order valence-corrected chi connectivity index (χ3v) is 10.6. The Morgan fingerprint density at radius 3 is 0.336 bits per heavy atom. The van der Waals surface area contributed by atoms with E-state index in [0.717, 1.165) is 19.3 Å². The van der Waals surface area contributed by atoms with Crippen molar-refractivity contribution in [3.63, 3.8) is 0 Å². The van der Waals surface area contributed by atoms with Gasteiger partial charge in [-0.25, -0.2) is 0 Å². The Kier molecular flexibility index (Phi) is 77.6. The molecule has 1 heteroatoms. The average Bonchev–Trinajstić information content (AvgIpc) is 0.829. The minimum absolute atomic E-state index is 0.112. The quantitative estimate of drug-likeness (QED) is 0.397. The molecule has 0 radical (unpaired) electrons. The van der Waals surface area contributed by atoms with Gasteiger partial charge in [0.25, 0.3) is 0 Å². The molecule has 0 spiro atoms. The van der Waals surface area contributed by atoms with Crippen LogP contribution in [0.15, 0.2) is 18.2 Å². The number of hydrogen-bond donors (Lipinski definition) is 1. The number of aliphatic hydroxyl groups excluding tert-OH is 1. The van der Waals surface area contributed by atoms with Crippen LogP contribution in [0, 0.1) is 753 Å². The molecule has 140 heavy (non-hydrogen) atoms. The third-order valence-electron chi connectivity index (χ3n) is 10.6. The fourth-order valence-corrected chi connectivity index (χ4v) is 5.89. The van der Waals surface area contributed by atoms with Gasteiger partial charge in [0, 0.05) is 639 Å². The van der Waals surface area contributed by atoms with Gasteiger partial charge in [0.2, 0.25) is 0 Å². The van der Waals surface area contributed by atoms with Crippen LogP contribution in [0.25, 0.3) is 0 Å². The number of hydrogen-bond acceptors (Lipinski definition) is 1. The van der Waals surface area contributed by atoms with Crippen molar-refractivity contribution in [3.8, 4) is 746 Å². The predicted octanol–water partition coefficient (Wildman–Crippen LogP) is 3.09. The first-order valence-corrected chi connectivity index (χ1v) is 36.8. The first-order chi connectivity index (χ1) is 69.7. The van der Waals surface area contributed by atoms with E-state index in [-0.39, 0.29) is 6.10 Å². The zero-order valence-electron chi connectivity index (χ0n) is 72.4. The molecule has 0 aromatic heterocycles. The topological polar surface area (TPSA) is 20.2 Å². The van der Waals surface area contributed by atoms with E-state index in [1.807, 2.05) is 0 Å². The highest BCUT2D eigenvalue weighted by molar-refractivity contribution is 5.59. The molecule has 0 saturated carbocycles. The Bertz CT molecular complexity index is 9100. The van der Waals surface area contributed by atoms with Crippen molar-refractivity contribution in [1.82, 2.24) is 0 Å². The van der Waals surface area contributed by atoms with Crippen molar-refractivity contribution in [2.75, 3.05) is 0 Å². The monoisotopic (exact) mass is 1700 g/mol. The molecule has 0 heterocycles. The van der Waals surface area contributed by atoms with E-state index in [2.05, 4.69) is 771 Å². The van der Waals surface area contributed by atoms with Crippen molar-refractivity contribution in [3.05, 3.63) is 34.9 Å². The summed E-state index contributed by atoms with van der Waals surface area (Å²) in [4.78, 5) is 0. The summed E-state index contributed by atoms with van der Waals surface area (Å²) in [6.07, 6.45) is 2.70. The fourth-order valence-electron chi connectivity index (χ4n) is 5.89. The van der Waals surface area contributed by atoms with E-state index in [4.69, 9.17) is 0 Å². The Morgan fingerprint density at radius 2 is 0.243 bits per heavy atom. The molecule has 1 aliphatic rings. The van der Waals surface area contributed by atoms with Gasteiger partial charge in [0.15, 0.2) is 0 Å². The number of benzene rings is 1. The zero-order chi connectivity index (χ0) is 99.6. The summed E-state index contributed by atoms with van der Waals surface area (Å²) >= 11 is 0. The molecular formula is C139H20O. The van der Waals surface area contributed by atoms with Crippen LogP contribution in [0.3, 0.4) is 0 Å². The van der Waals surface area contributed by atoms with Crippen LogP contribution in [0.1, 0.15) is 37.0 Å². The molecule has 2 rings (SSSR count). The zero-order valence-corrected chi connectivity index (χ0v) is 72.4. The van der Waals surface area contributed by atoms with E-state index in [9.17, 15) is 5.11 Å². The first kappa shape index (κ1) is 109. The van der Waals surface area contributed by atoms with E-state index < -0.39 is 0 Å². The standard InChI is InChI=1S/C128H6.C11H14O/c1-3-5-7-9-11-13-15-17-19-21-23-25-27-29-31-33-35-37-39-41-43-45-47-49-51-53-55-57-59-61-63-65-67-69-71-73-75-77-79-81-83-85-87-89-91-93-95-97-99-101-103-105-107-109-111-113-115-117-119-121-123-125-127-128-126-124-122-120-118-116-114-112-110-108-106-104-102-100-98-96-94-92-90-88-86-84-82-80-78-76-74-72-70-68-66-64-62-60-58-56-54-52-50-48-46-44-42-40-38-36-34-32-30-28-26-24-22-20-18-16-14-12-10-8-6-4-2;1-8-3-2-4-9-5-6-10(12)7-11(8)9/h1-2H3;2-4,10,12H,5-7H2,1H3/t;10-/m.1/s1. The fraction of sp³-hybridized carbons (Fsp3) is 0.0504. The van der Waals surface area contributed by atoms with Gasteiger partial charge in [-0.3, -0.25) is 0 Å². The highest BCUT2D eigenvalue weighted by Crippen LogP contribution is 2.24. The van der Waals surface area contributed by atoms with Crippen LogP contribution >= 0.6 is 0 Å². The number of aliphatic hydroxyl groups is 1. The van der Waals surface area contributed by atoms with Crippen LogP contribution < -0.4 is 0 Å². The van der Waals surface area contributed by atoms with E-state index in [1.54, 1.807) is 13.8 Å². The van der Waals surface area contributed by atoms with Gasteiger partial charge in [-0.2, -0.15) is 0 Å². The molecule has 1 aromatic rings. The second kappa shape index (κ2) is 99.3. The summed E-state index contributed by atoms with van der Waals surface area (Å²) in [5.74, 6) is 316. The lowest BCUT2D eigenvalue weighted by molar-refractivity contribution is 0.158. The van der Waals surface area contributed by atoms with Gasteiger partial charge in [0.1, 0.15) is 0 Å². The van der Waals surface area contributed by atoms with Crippen LogP contribution in [0.4, 0.5) is 0 Å². The normalized spacial score (nSPS) is 5.53. The molecule has 1 atom stereocenters. The molecule has 0 amide bonds. The number of aryl methyl sites for hydroxylation is 2. The molecule has 0 aliphatic heterocycles. The molecule has 0 unspecified atom stereocenters. The van der Waals surface area contributed by atoms with Crippen LogP contribution in [-0.2, 0) is 12.8 Å². The lowest BCUT2D eigenvalue weighted by Crippen LogP contribution is -2.19. The largest absolute Gasteiger partial charge is 0.393 e. The Labute approximate surface area is 826 Å². The van der Waals surface area contributed by atoms with Gasteiger partial charge in [-0.05, 0) is 151 Å². The maximum atomic E-state index is 9.48. The molecule has 1 nitrogen and oxygen atoms in total. The highest BCUT2D eigenvalue weighted by atomic mass is 16.3. The van der Waals surface area contributed by atoms with Crippen molar-refractivity contribution >= 4 is 0 Å². The summed E-state index contributed by atoms with van der Waals surface area (Å²) in [7, 11) is 0. The van der Waals surface area contributed by atoms with E-state index in [0.29, 0.717) is 0 Å². The molecular weight excluding hydrogens is 1690 g/mol. The summed E-state index contributed by atoms with van der Waals surface area (Å²) < 4.78 is 0. The van der Waals surface area contributed by atoms with Gasteiger partial charge in [-0.15, -0.1) is 0 Å². The molecule has 0 bridgehead atoms. The SMILES string of the molecule is CC#CC#CC#CC#CC#CC#CC#CC#CC#CC#CC#CC#CC#CC#CC#CC#CC#CC#CC#CC#CC#CC#CC#CC#CC#CC#CC#CC#CC#CC#CC#CC#CC#CC#CC#CC#CC#CC#CC#CC#CC#CC#CC#CC#CC#CC#CC#CC#CC#CC#CC#CC#CC#CC#CC#CC#CC#CC#CC#CC#CC#CC#CC#CC.Cc1cccc2c1C[C@H](O)CC2. The molecule has 1 aromatic carbocycles. The summed E-state index contributed by atoms with van der Waals surface area (Å²) in [5, 5.41) is 9.48. The molecule has 0 saturated heterocycles. The lowest BCUT2D eigenvalue weighted by Gasteiger charge is -2.21. The Hall–Kier alpha value is -28.5. The average molecular weight is 1710 g/mol. The maximum Gasteiger partial charge on any atom is 0.0583 e. The van der Waals surface area contributed by atoms with Crippen molar-refractivity contribution < 1.29 is 5.11 Å². The Balaban J connectivity index is 0.00000748. The van der Waals surface area contributed by atoms with Crippen molar-refractivity contribution in [2.45, 2.75) is 46.1 Å². The number of rotatable bonds is 0. The second-order valence-corrected chi connectivity index (χ2v) is 19.6. The van der Waals surface area contributed by atoms with E-state index in [1.165, 1.54) is 16.7 Å². The maximum absolute atomic E-state index is 9.48. The minimum Gasteiger partial charge on any atom is -0.393 e. The van der Waals surface area contributed by atoms with E-state index >= 15 is 0 Å². The minimum atomic E-state index is -0.112. The number of fused-ring (bicyclic) bond motifs is 1. The third kappa shape index (κ3) is 90.2. The van der Waals surface area contributed by atoms with Crippen LogP contribution in [-0.4, -0.2) is 11.2 Å². The van der Waals surface area contributed by atoms with Gasteiger partial charge < -0.3 is 5.11 Å². The van der Waals surface area contributed by atoms with Gasteiger partial charge in [0.05, 0.1) is 6.10 Å². The van der Waals surface area contributed by atoms with Gasteiger partial charge in [-0.1, -0.05) is 30.0 Å².